The van der Waals surface area contributed by atoms with E-state index in [-0.39, 0.29) is 22.5 Å². The molecule has 3 aliphatic carbocycles. The van der Waals surface area contributed by atoms with Crippen molar-refractivity contribution in [1.29, 1.82) is 0 Å². The van der Waals surface area contributed by atoms with Crippen molar-refractivity contribution < 1.29 is 22.5 Å². The molecule has 0 saturated carbocycles. The maximum absolute atomic E-state index is 14.5. The van der Waals surface area contributed by atoms with E-state index in [4.69, 9.17) is 4.74 Å². The summed E-state index contributed by atoms with van der Waals surface area (Å²) >= 11 is 0. The van der Waals surface area contributed by atoms with Crippen molar-refractivity contribution in [3.05, 3.63) is 129 Å². The zero-order chi connectivity index (χ0) is 26.1. The highest BCUT2D eigenvalue weighted by Gasteiger charge is 2.57. The minimum atomic E-state index is -4.69. The summed E-state index contributed by atoms with van der Waals surface area (Å²) in [7, 11) is -4.69. The number of rotatable bonds is 4. The fourth-order valence-electron chi connectivity index (χ4n) is 6.17. The van der Waals surface area contributed by atoms with Crippen LogP contribution in [0.3, 0.4) is 0 Å². The summed E-state index contributed by atoms with van der Waals surface area (Å²) < 4.78 is 42.0. The molecule has 2 bridgehead atoms. The second-order valence-electron chi connectivity index (χ2n) is 10.1. The average Bonchev–Trinajstić information content (AvgIpc) is 2.88. The molecule has 4 aromatic rings. The molecule has 0 aliphatic heterocycles. The first-order valence-corrected chi connectivity index (χ1v) is 13.7. The minimum Gasteiger partial charge on any atom is -0.744 e. The third-order valence-electron chi connectivity index (χ3n) is 7.73. The molecular weight excluding hydrogens is 484 g/mol. The van der Waals surface area contributed by atoms with Crippen LogP contribution in [0.2, 0.25) is 0 Å². The number of esters is 1. The highest BCUT2D eigenvalue weighted by atomic mass is 32.2. The lowest BCUT2D eigenvalue weighted by molar-refractivity contribution is -0.138. The summed E-state index contributed by atoms with van der Waals surface area (Å²) in [6, 6.07) is 26.8. The predicted octanol–water partition coefficient (Wildman–Crippen LogP) is 5.77. The second kappa shape index (κ2) is 8.13. The lowest BCUT2D eigenvalue weighted by Gasteiger charge is -2.48. The molecule has 0 spiro atoms. The van der Waals surface area contributed by atoms with E-state index in [1.165, 1.54) is 12.1 Å². The van der Waals surface area contributed by atoms with Crippen LogP contribution in [0.1, 0.15) is 70.2 Å². The highest BCUT2D eigenvalue weighted by Crippen LogP contribution is 2.59. The van der Waals surface area contributed by atoms with Crippen molar-refractivity contribution in [2.75, 3.05) is 0 Å². The number of aryl methyl sites for hydroxylation is 1. The van der Waals surface area contributed by atoms with Crippen LogP contribution < -0.4 is 4.74 Å². The largest absolute Gasteiger partial charge is 0.744 e. The van der Waals surface area contributed by atoms with E-state index in [1.807, 2.05) is 54.6 Å². The Morgan fingerprint density at radius 3 is 1.73 bits per heavy atom. The van der Waals surface area contributed by atoms with Gasteiger partial charge in [-0.25, -0.2) is 13.2 Å². The molecule has 4 aromatic carbocycles. The quantitative estimate of drug-likeness (QED) is 0.198. The fraction of sp³-hybridized carbons (Fsp3) is 0.194. The Balaban J connectivity index is 1.59. The van der Waals surface area contributed by atoms with Gasteiger partial charge in [-0.05, 0) is 69.5 Å². The highest BCUT2D eigenvalue weighted by molar-refractivity contribution is 7.85. The van der Waals surface area contributed by atoms with E-state index in [0.717, 1.165) is 33.4 Å². The van der Waals surface area contributed by atoms with Gasteiger partial charge in [0, 0.05) is 5.92 Å². The standard InChI is InChI=1S/C31H26O5S/c1-18(2)23-17-27(19(3)16-28(23)37(33,34)35)36-30(32)31-24-13-7-4-10-20(24)29(21-11-5-8-14-25(21)31)22-12-6-9-15-26(22)31/h4-18,29H,1-3H3,(H,33,34,35)/p-1. The third kappa shape index (κ3) is 3.26. The van der Waals surface area contributed by atoms with Crippen LogP contribution in [0.5, 0.6) is 5.75 Å². The van der Waals surface area contributed by atoms with E-state index in [2.05, 4.69) is 18.2 Å². The molecule has 0 unspecified atom stereocenters. The molecule has 0 N–H and O–H groups in total. The van der Waals surface area contributed by atoms with E-state index in [1.54, 1.807) is 20.8 Å². The van der Waals surface area contributed by atoms with Gasteiger partial charge in [0.05, 0.1) is 4.90 Å². The first-order valence-electron chi connectivity index (χ1n) is 12.3. The van der Waals surface area contributed by atoms with Gasteiger partial charge < -0.3 is 9.29 Å². The molecule has 37 heavy (non-hydrogen) atoms. The zero-order valence-electron chi connectivity index (χ0n) is 20.7. The van der Waals surface area contributed by atoms with Crippen LogP contribution in [0.15, 0.2) is 89.8 Å². The van der Waals surface area contributed by atoms with Gasteiger partial charge >= 0.3 is 5.97 Å². The summed E-state index contributed by atoms with van der Waals surface area (Å²) in [6.45, 7) is 5.25. The Morgan fingerprint density at radius 2 is 1.30 bits per heavy atom. The Labute approximate surface area is 216 Å². The molecular formula is C31H25O5S-. The molecule has 0 heterocycles. The molecule has 5 nitrogen and oxygen atoms in total. The van der Waals surface area contributed by atoms with Crippen LogP contribution in [0.4, 0.5) is 0 Å². The van der Waals surface area contributed by atoms with Gasteiger partial charge in [-0.2, -0.15) is 0 Å². The molecule has 0 atom stereocenters. The topological polar surface area (TPSA) is 83.5 Å². The van der Waals surface area contributed by atoms with E-state index in [9.17, 15) is 17.8 Å². The maximum atomic E-state index is 14.5. The predicted molar refractivity (Wildman–Crippen MR) is 139 cm³/mol. The monoisotopic (exact) mass is 509 g/mol. The number of ether oxygens (including phenoxy) is 1. The summed E-state index contributed by atoms with van der Waals surface area (Å²) in [4.78, 5) is 14.3. The van der Waals surface area contributed by atoms with Crippen molar-refractivity contribution in [1.82, 2.24) is 0 Å². The van der Waals surface area contributed by atoms with E-state index >= 15 is 0 Å². The Kier molecular flexibility index (Phi) is 5.20. The van der Waals surface area contributed by atoms with Gasteiger partial charge in [0.1, 0.15) is 21.3 Å². The lowest BCUT2D eigenvalue weighted by atomic mass is 9.53. The molecule has 186 valence electrons. The van der Waals surface area contributed by atoms with Gasteiger partial charge in [-0.15, -0.1) is 0 Å². The number of benzene rings is 4. The third-order valence-corrected chi connectivity index (χ3v) is 8.63. The summed E-state index contributed by atoms with van der Waals surface area (Å²) in [5.74, 6) is -0.458. The minimum absolute atomic E-state index is 0.0223. The first-order chi connectivity index (χ1) is 17.7. The van der Waals surface area contributed by atoms with Crippen LogP contribution in [0.25, 0.3) is 0 Å². The molecule has 0 amide bonds. The second-order valence-corrected chi connectivity index (χ2v) is 11.4. The number of hydrogen-bond donors (Lipinski definition) is 0. The Morgan fingerprint density at radius 1 is 0.838 bits per heavy atom. The smallest absolute Gasteiger partial charge is 0.331 e. The molecule has 7 rings (SSSR count). The fourth-order valence-corrected chi connectivity index (χ4v) is 7.07. The SMILES string of the molecule is Cc1cc(S(=O)(=O)[O-])c(C(C)C)cc1OC(=O)C12c3ccccc3C(c3ccccc31)c1ccccc12. The van der Waals surface area contributed by atoms with Crippen molar-refractivity contribution >= 4 is 16.1 Å². The summed E-state index contributed by atoms with van der Waals surface area (Å²) in [5, 5.41) is 0. The zero-order valence-corrected chi connectivity index (χ0v) is 21.5. The normalized spacial score (nSPS) is 19.2. The van der Waals surface area contributed by atoms with Crippen molar-refractivity contribution in [2.45, 2.75) is 42.9 Å². The summed E-state index contributed by atoms with van der Waals surface area (Å²) in [5.41, 5.74) is 5.44. The first kappa shape index (κ1) is 23.6. The average molecular weight is 510 g/mol. The van der Waals surface area contributed by atoms with E-state index in [0.29, 0.717) is 11.1 Å². The Bertz CT molecular complexity index is 1590. The molecule has 0 aromatic heterocycles. The Hall–Kier alpha value is -3.74. The van der Waals surface area contributed by atoms with Crippen molar-refractivity contribution in [3.8, 4) is 5.75 Å². The van der Waals surface area contributed by atoms with Crippen LogP contribution in [-0.4, -0.2) is 18.9 Å². The van der Waals surface area contributed by atoms with Crippen LogP contribution in [-0.2, 0) is 20.3 Å². The molecule has 0 saturated heterocycles. The molecule has 3 aliphatic rings. The van der Waals surface area contributed by atoms with Gasteiger partial charge in [-0.1, -0.05) is 86.6 Å². The van der Waals surface area contributed by atoms with E-state index < -0.39 is 21.5 Å². The number of hydrogen-bond acceptors (Lipinski definition) is 5. The summed E-state index contributed by atoms with van der Waals surface area (Å²) in [6.07, 6.45) is 0. The van der Waals surface area contributed by atoms with Gasteiger partial charge in [0.25, 0.3) is 0 Å². The number of carbonyl (C=O) groups excluding carboxylic acids is 1. The van der Waals surface area contributed by atoms with Crippen LogP contribution in [0, 0.1) is 6.92 Å². The number of carbonyl (C=O) groups is 1. The molecule has 0 fully saturated rings. The van der Waals surface area contributed by atoms with Gasteiger partial charge in [0.2, 0.25) is 0 Å². The molecule has 6 heteroatoms. The van der Waals surface area contributed by atoms with Crippen LogP contribution >= 0.6 is 0 Å². The van der Waals surface area contributed by atoms with Crippen molar-refractivity contribution in [2.24, 2.45) is 0 Å². The van der Waals surface area contributed by atoms with Gasteiger partial charge in [-0.3, -0.25) is 0 Å². The lowest BCUT2D eigenvalue weighted by Crippen LogP contribution is -2.49. The molecule has 0 radical (unpaired) electrons. The van der Waals surface area contributed by atoms with Crippen molar-refractivity contribution in [3.63, 3.8) is 0 Å². The van der Waals surface area contributed by atoms with Gasteiger partial charge in [0.15, 0.2) is 0 Å². The maximum Gasteiger partial charge on any atom is 0.331 e.